The third-order valence-corrected chi connectivity index (χ3v) is 5.09. The zero-order valence-corrected chi connectivity index (χ0v) is 17.1. The van der Waals surface area contributed by atoms with Crippen LogP contribution in [0, 0.1) is 0 Å². The fourth-order valence-electron chi connectivity index (χ4n) is 2.48. The minimum atomic E-state index is -0.126. The molecule has 0 bridgehead atoms. The lowest BCUT2D eigenvalue weighted by atomic mass is 10.2. The summed E-state index contributed by atoms with van der Waals surface area (Å²) in [4.78, 5) is 28.0. The Morgan fingerprint density at radius 2 is 1.79 bits per heavy atom. The molecule has 9 heteroatoms. The van der Waals surface area contributed by atoms with Crippen molar-refractivity contribution in [3.63, 3.8) is 0 Å². The highest BCUT2D eigenvalue weighted by atomic mass is 32.2. The zero-order valence-electron chi connectivity index (χ0n) is 16.3. The smallest absolute Gasteiger partial charge is 0.286 e. The van der Waals surface area contributed by atoms with Crippen molar-refractivity contribution in [1.29, 1.82) is 0 Å². The van der Waals surface area contributed by atoms with E-state index >= 15 is 0 Å². The van der Waals surface area contributed by atoms with Gasteiger partial charge in [-0.05, 0) is 35.5 Å². The number of rotatable bonds is 7. The molecule has 0 atom stereocenters. The second kappa shape index (κ2) is 9.83. The summed E-state index contributed by atoms with van der Waals surface area (Å²) in [6, 6.07) is 16.9. The van der Waals surface area contributed by atoms with Crippen LogP contribution in [-0.2, 0) is 11.3 Å². The molecule has 8 nitrogen and oxygen atoms in total. The Kier molecular flexibility index (Phi) is 6.96. The van der Waals surface area contributed by atoms with Crippen molar-refractivity contribution in [3.8, 4) is 11.4 Å². The number of aryl methyl sites for hydroxylation is 1. The van der Waals surface area contributed by atoms with Crippen molar-refractivity contribution in [3.05, 3.63) is 54.6 Å². The first-order chi connectivity index (χ1) is 14.0. The van der Waals surface area contributed by atoms with Crippen molar-refractivity contribution in [2.24, 2.45) is 0 Å². The number of hydrogen-bond donors (Lipinski definition) is 1. The highest BCUT2D eigenvalue weighted by Gasteiger charge is 2.12. The van der Waals surface area contributed by atoms with Gasteiger partial charge in [-0.15, -0.1) is 10.2 Å². The van der Waals surface area contributed by atoms with Crippen LogP contribution >= 0.6 is 11.8 Å². The van der Waals surface area contributed by atoms with Gasteiger partial charge in [0.05, 0.1) is 12.2 Å². The van der Waals surface area contributed by atoms with Crippen LogP contribution in [0.5, 0.6) is 0 Å². The molecule has 0 spiro atoms. The molecule has 0 aliphatic carbocycles. The Balaban J connectivity index is 1.51. The highest BCUT2D eigenvalue weighted by molar-refractivity contribution is 8.13. The van der Waals surface area contributed by atoms with Gasteiger partial charge in [-0.1, -0.05) is 42.5 Å². The number of nitrogens with one attached hydrogen (secondary N) is 1. The van der Waals surface area contributed by atoms with Gasteiger partial charge in [-0.2, -0.15) is 4.80 Å². The average molecular weight is 411 g/mol. The number of tetrazole rings is 1. The van der Waals surface area contributed by atoms with Crippen LogP contribution in [0.4, 0.5) is 10.5 Å². The van der Waals surface area contributed by atoms with Gasteiger partial charge in [0.25, 0.3) is 5.24 Å². The number of amides is 2. The van der Waals surface area contributed by atoms with E-state index in [1.807, 2.05) is 48.5 Å². The van der Waals surface area contributed by atoms with E-state index < -0.39 is 0 Å². The fourth-order valence-corrected chi connectivity index (χ4v) is 3.23. The minimum Gasteiger partial charge on any atom is -0.339 e. The lowest BCUT2D eigenvalue weighted by Gasteiger charge is -2.13. The fraction of sp³-hybridized carbons (Fsp3) is 0.250. The molecular formula is C20H22N6O2S. The SMILES string of the molecule is CN(C)C(=O)Sc1ccccc1NC(=O)CCCn1nnc(-c2ccccc2)n1. The molecule has 1 heterocycles. The van der Waals surface area contributed by atoms with Crippen molar-refractivity contribution >= 4 is 28.6 Å². The summed E-state index contributed by atoms with van der Waals surface area (Å²) in [6.07, 6.45) is 0.880. The van der Waals surface area contributed by atoms with Crippen molar-refractivity contribution in [2.45, 2.75) is 24.3 Å². The second-order valence-corrected chi connectivity index (χ2v) is 7.48. The summed E-state index contributed by atoms with van der Waals surface area (Å²) < 4.78 is 0. The molecular weight excluding hydrogens is 388 g/mol. The third-order valence-electron chi connectivity index (χ3n) is 3.97. The number of carbonyl (C=O) groups is 2. The average Bonchev–Trinajstić information content (AvgIpc) is 3.19. The second-order valence-electron chi connectivity index (χ2n) is 6.49. The van der Waals surface area contributed by atoms with Gasteiger partial charge in [0.15, 0.2) is 0 Å². The van der Waals surface area contributed by atoms with Gasteiger partial charge < -0.3 is 10.2 Å². The monoisotopic (exact) mass is 410 g/mol. The van der Waals surface area contributed by atoms with E-state index in [9.17, 15) is 9.59 Å². The minimum absolute atomic E-state index is 0.0989. The number of nitrogens with zero attached hydrogens (tertiary/aromatic N) is 5. The molecule has 0 radical (unpaired) electrons. The molecule has 3 rings (SSSR count). The summed E-state index contributed by atoms with van der Waals surface area (Å²) in [6.45, 7) is 0.489. The molecule has 0 saturated carbocycles. The first kappa shape index (κ1) is 20.5. The van der Waals surface area contributed by atoms with E-state index in [1.54, 1.807) is 20.2 Å². The number of hydrogen-bond acceptors (Lipinski definition) is 6. The number of benzene rings is 2. The standard InChI is InChI=1S/C20H22N6O2S/c1-25(2)20(28)29-17-12-7-6-11-16(17)21-18(27)13-8-14-26-23-19(22-24-26)15-9-4-3-5-10-15/h3-7,9-12H,8,13-14H2,1-2H3,(H,21,27). The number of carbonyl (C=O) groups excluding carboxylic acids is 2. The third kappa shape index (κ3) is 5.89. The Morgan fingerprint density at radius 3 is 2.55 bits per heavy atom. The normalized spacial score (nSPS) is 10.6. The molecule has 2 aromatic carbocycles. The lowest BCUT2D eigenvalue weighted by molar-refractivity contribution is -0.116. The summed E-state index contributed by atoms with van der Waals surface area (Å²) in [5.41, 5.74) is 1.53. The quantitative estimate of drug-likeness (QED) is 0.599. The zero-order chi connectivity index (χ0) is 20.6. The van der Waals surface area contributed by atoms with Crippen molar-refractivity contribution in [2.75, 3.05) is 19.4 Å². The molecule has 2 amide bonds. The Labute approximate surface area is 173 Å². The number of aromatic nitrogens is 4. The molecule has 0 fully saturated rings. The van der Waals surface area contributed by atoms with E-state index in [4.69, 9.17) is 0 Å². The van der Waals surface area contributed by atoms with E-state index in [2.05, 4.69) is 20.7 Å². The number of thioether (sulfide) groups is 1. The molecule has 0 saturated heterocycles. The molecule has 0 aliphatic heterocycles. The van der Waals surface area contributed by atoms with E-state index in [-0.39, 0.29) is 11.1 Å². The van der Waals surface area contributed by atoms with Gasteiger partial charge in [0.1, 0.15) is 0 Å². The van der Waals surface area contributed by atoms with Gasteiger partial charge in [-0.3, -0.25) is 9.59 Å². The molecule has 1 aromatic heterocycles. The van der Waals surface area contributed by atoms with Crippen LogP contribution in [0.15, 0.2) is 59.5 Å². The number of para-hydroxylation sites is 1. The maximum atomic E-state index is 12.3. The molecule has 0 aliphatic rings. The van der Waals surface area contributed by atoms with E-state index in [1.165, 1.54) is 9.70 Å². The van der Waals surface area contributed by atoms with Gasteiger partial charge in [-0.25, -0.2) is 0 Å². The van der Waals surface area contributed by atoms with Crippen LogP contribution in [0.2, 0.25) is 0 Å². The summed E-state index contributed by atoms with van der Waals surface area (Å²) in [5.74, 6) is 0.435. The Morgan fingerprint density at radius 1 is 1.07 bits per heavy atom. The summed E-state index contributed by atoms with van der Waals surface area (Å²) in [7, 11) is 3.38. The van der Waals surface area contributed by atoms with Gasteiger partial charge in [0, 0.05) is 31.0 Å². The van der Waals surface area contributed by atoms with Crippen LogP contribution in [0.3, 0.4) is 0 Å². The lowest BCUT2D eigenvalue weighted by Crippen LogP contribution is -2.17. The van der Waals surface area contributed by atoms with E-state index in [0.29, 0.717) is 35.8 Å². The molecule has 1 N–H and O–H groups in total. The maximum Gasteiger partial charge on any atom is 0.286 e. The van der Waals surface area contributed by atoms with Crippen molar-refractivity contribution < 1.29 is 9.59 Å². The van der Waals surface area contributed by atoms with E-state index in [0.717, 1.165) is 17.3 Å². The van der Waals surface area contributed by atoms with Crippen LogP contribution in [0.1, 0.15) is 12.8 Å². The predicted molar refractivity (Wildman–Crippen MR) is 112 cm³/mol. The van der Waals surface area contributed by atoms with Crippen LogP contribution < -0.4 is 5.32 Å². The Bertz CT molecular complexity index is 974. The van der Waals surface area contributed by atoms with Gasteiger partial charge in [0.2, 0.25) is 11.7 Å². The van der Waals surface area contributed by atoms with Gasteiger partial charge >= 0.3 is 0 Å². The Hall–Kier alpha value is -3.20. The van der Waals surface area contributed by atoms with Crippen LogP contribution in [0.25, 0.3) is 11.4 Å². The number of anilines is 1. The maximum absolute atomic E-state index is 12.3. The molecule has 150 valence electrons. The summed E-state index contributed by atoms with van der Waals surface area (Å²) >= 11 is 1.08. The highest BCUT2D eigenvalue weighted by Crippen LogP contribution is 2.28. The first-order valence-corrected chi connectivity index (χ1v) is 9.96. The molecule has 0 unspecified atom stereocenters. The van der Waals surface area contributed by atoms with Crippen LogP contribution in [-0.4, -0.2) is 50.3 Å². The topological polar surface area (TPSA) is 93.0 Å². The molecule has 29 heavy (non-hydrogen) atoms. The largest absolute Gasteiger partial charge is 0.339 e. The summed E-state index contributed by atoms with van der Waals surface area (Å²) in [5, 5.41) is 15.2. The molecule has 3 aromatic rings. The predicted octanol–water partition coefficient (Wildman–Crippen LogP) is 3.53. The first-order valence-electron chi connectivity index (χ1n) is 9.14. The van der Waals surface area contributed by atoms with Crippen molar-refractivity contribution in [1.82, 2.24) is 25.1 Å².